The van der Waals surface area contributed by atoms with Crippen LogP contribution in [-0.2, 0) is 0 Å². The van der Waals surface area contributed by atoms with E-state index in [1.165, 1.54) is 21.3 Å². The van der Waals surface area contributed by atoms with Crippen LogP contribution in [0.15, 0.2) is 23.6 Å². The Balaban J connectivity index is 2.05. The first kappa shape index (κ1) is 10.1. The molecule has 0 bridgehead atoms. The van der Waals surface area contributed by atoms with Crippen molar-refractivity contribution < 1.29 is 0 Å². The van der Waals surface area contributed by atoms with E-state index in [0.717, 1.165) is 26.2 Å². The van der Waals surface area contributed by atoms with E-state index in [1.807, 2.05) is 11.3 Å². The van der Waals surface area contributed by atoms with Gasteiger partial charge in [-0.3, -0.25) is 0 Å². The van der Waals surface area contributed by atoms with Crippen molar-refractivity contribution in [1.29, 1.82) is 0 Å². The topological polar surface area (TPSA) is 17.3 Å². The van der Waals surface area contributed by atoms with E-state index in [4.69, 9.17) is 0 Å². The monoisotopic (exact) mass is 231 g/mol. The standard InChI is InChI=1S/C13H15N2S/c1-10-2-3-13-11(8-10)12(9-16-13)15-6-4-14-5-7-15/h2-3,8-9H,4-7H2,1H3. The van der Waals surface area contributed by atoms with Gasteiger partial charge in [0, 0.05) is 41.6 Å². The molecule has 2 nitrogen and oxygen atoms in total. The lowest BCUT2D eigenvalue weighted by Gasteiger charge is -2.28. The Hall–Kier alpha value is -1.06. The van der Waals surface area contributed by atoms with Gasteiger partial charge in [-0.05, 0) is 19.1 Å². The van der Waals surface area contributed by atoms with Gasteiger partial charge in [0.2, 0.25) is 0 Å². The summed E-state index contributed by atoms with van der Waals surface area (Å²) >= 11 is 1.84. The van der Waals surface area contributed by atoms with Crippen LogP contribution in [0.2, 0.25) is 0 Å². The molecule has 1 aliphatic heterocycles. The number of thiophene rings is 1. The molecule has 1 saturated heterocycles. The van der Waals surface area contributed by atoms with Gasteiger partial charge in [-0.1, -0.05) is 11.6 Å². The zero-order valence-electron chi connectivity index (χ0n) is 9.44. The molecule has 0 atom stereocenters. The maximum atomic E-state index is 4.40. The second-order valence-electron chi connectivity index (χ2n) is 4.28. The number of piperazine rings is 1. The van der Waals surface area contributed by atoms with Gasteiger partial charge >= 0.3 is 0 Å². The van der Waals surface area contributed by atoms with Gasteiger partial charge in [0.25, 0.3) is 0 Å². The molecule has 0 N–H and O–H groups in total. The summed E-state index contributed by atoms with van der Waals surface area (Å²) in [6.07, 6.45) is 0. The van der Waals surface area contributed by atoms with Crippen molar-refractivity contribution in [1.82, 2.24) is 5.32 Å². The van der Waals surface area contributed by atoms with Crippen LogP contribution in [0, 0.1) is 6.92 Å². The van der Waals surface area contributed by atoms with E-state index in [9.17, 15) is 0 Å². The highest BCUT2D eigenvalue weighted by atomic mass is 32.1. The van der Waals surface area contributed by atoms with Crippen LogP contribution in [0.25, 0.3) is 10.1 Å². The average Bonchev–Trinajstić information content (AvgIpc) is 2.73. The number of hydrogen-bond acceptors (Lipinski definition) is 2. The fourth-order valence-corrected chi connectivity index (χ4v) is 3.17. The van der Waals surface area contributed by atoms with E-state index < -0.39 is 0 Å². The lowest BCUT2D eigenvalue weighted by Crippen LogP contribution is -2.40. The van der Waals surface area contributed by atoms with E-state index in [0.29, 0.717) is 0 Å². The van der Waals surface area contributed by atoms with Gasteiger partial charge in [0.15, 0.2) is 0 Å². The zero-order chi connectivity index (χ0) is 11.0. The van der Waals surface area contributed by atoms with Crippen LogP contribution in [0.1, 0.15) is 5.56 Å². The summed E-state index contributed by atoms with van der Waals surface area (Å²) < 4.78 is 1.39. The Kier molecular flexibility index (Phi) is 2.58. The van der Waals surface area contributed by atoms with E-state index in [1.54, 1.807) is 0 Å². The molecule has 1 aromatic carbocycles. The van der Waals surface area contributed by atoms with Crippen molar-refractivity contribution in [3.8, 4) is 0 Å². The first-order valence-corrected chi connectivity index (χ1v) is 6.58. The van der Waals surface area contributed by atoms with Crippen molar-refractivity contribution in [2.75, 3.05) is 31.1 Å². The second-order valence-corrected chi connectivity index (χ2v) is 5.19. The highest BCUT2D eigenvalue weighted by Gasteiger charge is 2.14. The summed E-state index contributed by atoms with van der Waals surface area (Å²) in [5.74, 6) is 0. The molecule has 0 unspecified atom stereocenters. The molecule has 83 valence electrons. The van der Waals surface area contributed by atoms with Gasteiger partial charge < -0.3 is 4.90 Å². The Labute approximate surface area is 99.9 Å². The maximum Gasteiger partial charge on any atom is 0.0555 e. The van der Waals surface area contributed by atoms with E-state index in [-0.39, 0.29) is 0 Å². The van der Waals surface area contributed by atoms with Crippen LogP contribution >= 0.6 is 11.3 Å². The molecule has 2 aromatic rings. The zero-order valence-corrected chi connectivity index (χ0v) is 10.3. The number of fused-ring (bicyclic) bond motifs is 1. The lowest BCUT2D eigenvalue weighted by molar-refractivity contribution is 0.580. The molecular weight excluding hydrogens is 216 g/mol. The molecule has 1 aromatic heterocycles. The molecule has 0 amide bonds. The number of anilines is 1. The first-order valence-electron chi connectivity index (χ1n) is 5.71. The highest BCUT2D eigenvalue weighted by molar-refractivity contribution is 7.17. The SMILES string of the molecule is Cc1ccc2scc(N3CC[N]CC3)c2c1. The Morgan fingerprint density at radius 3 is 2.88 bits per heavy atom. The Bertz CT molecular complexity index is 498. The van der Waals surface area contributed by atoms with E-state index in [2.05, 4.69) is 40.7 Å². The number of benzene rings is 1. The molecule has 3 rings (SSSR count). The number of rotatable bonds is 1. The third kappa shape index (κ3) is 1.70. The molecule has 16 heavy (non-hydrogen) atoms. The van der Waals surface area contributed by atoms with Crippen molar-refractivity contribution in [3.63, 3.8) is 0 Å². The normalized spacial score (nSPS) is 16.9. The largest absolute Gasteiger partial charge is 0.368 e. The molecule has 1 aliphatic rings. The molecule has 1 radical (unpaired) electrons. The van der Waals surface area contributed by atoms with Gasteiger partial charge in [-0.15, -0.1) is 11.3 Å². The Morgan fingerprint density at radius 1 is 1.25 bits per heavy atom. The predicted molar refractivity (Wildman–Crippen MR) is 70.6 cm³/mol. The second kappa shape index (κ2) is 4.07. The average molecular weight is 231 g/mol. The number of hydrogen-bond donors (Lipinski definition) is 0. The third-order valence-electron chi connectivity index (χ3n) is 3.11. The van der Waals surface area contributed by atoms with Crippen molar-refractivity contribution in [3.05, 3.63) is 29.1 Å². The molecule has 0 aliphatic carbocycles. The van der Waals surface area contributed by atoms with Crippen LogP contribution in [0.5, 0.6) is 0 Å². The van der Waals surface area contributed by atoms with Crippen molar-refractivity contribution in [2.24, 2.45) is 0 Å². The van der Waals surface area contributed by atoms with Crippen LogP contribution in [0.4, 0.5) is 5.69 Å². The molecule has 0 saturated carbocycles. The fraction of sp³-hybridized carbons (Fsp3) is 0.385. The summed E-state index contributed by atoms with van der Waals surface area (Å²) in [6.45, 7) is 6.25. The predicted octanol–water partition coefficient (Wildman–Crippen LogP) is 2.63. The van der Waals surface area contributed by atoms with Gasteiger partial charge in [-0.25, -0.2) is 5.32 Å². The van der Waals surface area contributed by atoms with Crippen LogP contribution < -0.4 is 10.2 Å². The quantitative estimate of drug-likeness (QED) is 0.737. The smallest absolute Gasteiger partial charge is 0.0555 e. The molecule has 2 heterocycles. The maximum absolute atomic E-state index is 4.40. The van der Waals surface area contributed by atoms with Crippen molar-refractivity contribution in [2.45, 2.75) is 6.92 Å². The fourth-order valence-electron chi connectivity index (χ4n) is 2.22. The van der Waals surface area contributed by atoms with Gasteiger partial charge in [0.05, 0.1) is 5.69 Å². The van der Waals surface area contributed by atoms with Gasteiger partial charge in [0.1, 0.15) is 0 Å². The number of aryl methyl sites for hydroxylation is 1. The molecule has 1 fully saturated rings. The summed E-state index contributed by atoms with van der Waals surface area (Å²) in [4.78, 5) is 2.46. The van der Waals surface area contributed by atoms with Gasteiger partial charge in [-0.2, -0.15) is 0 Å². The summed E-state index contributed by atoms with van der Waals surface area (Å²) in [7, 11) is 0. The Morgan fingerprint density at radius 2 is 2.06 bits per heavy atom. The third-order valence-corrected chi connectivity index (χ3v) is 4.06. The van der Waals surface area contributed by atoms with Crippen LogP contribution in [-0.4, -0.2) is 26.2 Å². The molecule has 3 heteroatoms. The van der Waals surface area contributed by atoms with Crippen LogP contribution in [0.3, 0.4) is 0 Å². The first-order chi connectivity index (χ1) is 7.84. The van der Waals surface area contributed by atoms with E-state index >= 15 is 0 Å². The minimum absolute atomic E-state index is 0.975. The minimum atomic E-state index is 0.975. The minimum Gasteiger partial charge on any atom is -0.368 e. The number of nitrogens with zero attached hydrogens (tertiary/aromatic N) is 2. The molecule has 0 spiro atoms. The van der Waals surface area contributed by atoms with Crippen molar-refractivity contribution >= 4 is 27.1 Å². The summed E-state index contributed by atoms with van der Waals surface area (Å²) in [6, 6.07) is 6.72. The highest BCUT2D eigenvalue weighted by Crippen LogP contribution is 2.33. The summed E-state index contributed by atoms with van der Waals surface area (Å²) in [5, 5.41) is 8.09. The summed E-state index contributed by atoms with van der Waals surface area (Å²) in [5.41, 5.74) is 2.74. The molecular formula is C13H15N2S. The lowest BCUT2D eigenvalue weighted by atomic mass is 10.1.